The first kappa shape index (κ1) is 17.6. The number of pyridine rings is 1. The van der Waals surface area contributed by atoms with Gasteiger partial charge in [-0.3, -0.25) is 14.6 Å². The Hall–Kier alpha value is -2.78. The van der Waals surface area contributed by atoms with E-state index in [2.05, 4.69) is 16.2 Å². The molecule has 0 bridgehead atoms. The molecule has 0 radical (unpaired) electrons. The van der Waals surface area contributed by atoms with E-state index in [1.807, 2.05) is 30.5 Å². The Morgan fingerprint density at radius 1 is 1.29 bits per heavy atom. The van der Waals surface area contributed by atoms with E-state index in [1.54, 1.807) is 30.1 Å². The van der Waals surface area contributed by atoms with Crippen LogP contribution in [0.4, 0.5) is 0 Å². The smallest absolute Gasteiger partial charge is 0.251 e. The number of nitrogens with zero attached hydrogens (tertiary/aromatic N) is 1. The predicted molar refractivity (Wildman–Crippen MR) is 94.1 cm³/mol. The summed E-state index contributed by atoms with van der Waals surface area (Å²) in [6.45, 7) is 0. The highest BCUT2D eigenvalue weighted by molar-refractivity contribution is 7.98. The van der Waals surface area contributed by atoms with Gasteiger partial charge >= 0.3 is 0 Å². The highest BCUT2D eigenvalue weighted by atomic mass is 32.2. The molecule has 1 aromatic heterocycles. The third-order valence-electron chi connectivity index (χ3n) is 3.22. The molecule has 0 saturated heterocycles. The Kier molecular flexibility index (Phi) is 6.41. The average molecular weight is 339 g/mol. The van der Waals surface area contributed by atoms with E-state index in [0.717, 1.165) is 16.2 Å². The first-order valence-corrected chi connectivity index (χ1v) is 8.24. The van der Waals surface area contributed by atoms with E-state index >= 15 is 0 Å². The number of benzene rings is 1. The Morgan fingerprint density at radius 2 is 2.04 bits per heavy atom. The number of hydrogen-bond donors (Lipinski definition) is 2. The Morgan fingerprint density at radius 3 is 2.62 bits per heavy atom. The fraction of sp³-hybridized carbons (Fsp3) is 0.167. The van der Waals surface area contributed by atoms with Gasteiger partial charge in [0.2, 0.25) is 5.91 Å². The van der Waals surface area contributed by atoms with E-state index < -0.39 is 11.9 Å². The SMILES string of the molecule is C#CCC(NC(=O)c1ccc(SCc2cccnc2)cc1)C(N)=O. The number of thioether (sulfide) groups is 1. The Labute approximate surface area is 145 Å². The van der Waals surface area contributed by atoms with Crippen LogP contribution >= 0.6 is 11.8 Å². The van der Waals surface area contributed by atoms with Crippen molar-refractivity contribution in [3.8, 4) is 12.3 Å². The number of terminal acetylenes is 1. The van der Waals surface area contributed by atoms with Crippen molar-refractivity contribution in [2.24, 2.45) is 5.73 Å². The summed E-state index contributed by atoms with van der Waals surface area (Å²) in [6.07, 6.45) is 8.80. The minimum atomic E-state index is -0.859. The molecule has 24 heavy (non-hydrogen) atoms. The van der Waals surface area contributed by atoms with Crippen molar-refractivity contribution in [3.63, 3.8) is 0 Å². The number of primary amides is 1. The van der Waals surface area contributed by atoms with Gasteiger partial charge in [-0.1, -0.05) is 6.07 Å². The van der Waals surface area contributed by atoms with Crippen molar-refractivity contribution < 1.29 is 9.59 Å². The van der Waals surface area contributed by atoms with E-state index in [4.69, 9.17) is 12.2 Å². The minimum absolute atomic E-state index is 0.0696. The van der Waals surface area contributed by atoms with E-state index in [0.29, 0.717) is 5.56 Å². The van der Waals surface area contributed by atoms with Crippen LogP contribution in [0, 0.1) is 12.3 Å². The summed E-state index contributed by atoms with van der Waals surface area (Å²) in [5.41, 5.74) is 6.79. The lowest BCUT2D eigenvalue weighted by molar-refractivity contribution is -0.119. The minimum Gasteiger partial charge on any atom is -0.368 e. The number of aromatic nitrogens is 1. The van der Waals surface area contributed by atoms with Crippen LogP contribution < -0.4 is 11.1 Å². The summed E-state index contributed by atoms with van der Waals surface area (Å²) in [7, 11) is 0. The molecule has 2 rings (SSSR count). The van der Waals surface area contributed by atoms with Crippen molar-refractivity contribution in [1.82, 2.24) is 10.3 Å². The van der Waals surface area contributed by atoms with Gasteiger partial charge in [-0.05, 0) is 35.9 Å². The zero-order valence-corrected chi connectivity index (χ0v) is 13.8. The number of carbonyl (C=O) groups excluding carboxylic acids is 2. The van der Waals surface area contributed by atoms with Crippen molar-refractivity contribution in [3.05, 3.63) is 59.9 Å². The van der Waals surface area contributed by atoms with Crippen LogP contribution in [0.2, 0.25) is 0 Å². The molecule has 1 aromatic carbocycles. The number of nitrogens with two attached hydrogens (primary N) is 1. The molecule has 0 saturated carbocycles. The Bertz CT molecular complexity index is 739. The van der Waals surface area contributed by atoms with Gasteiger partial charge in [0, 0.05) is 35.0 Å². The van der Waals surface area contributed by atoms with Crippen LogP contribution in [-0.4, -0.2) is 22.8 Å². The molecular formula is C18H17N3O2S. The number of rotatable bonds is 7. The van der Waals surface area contributed by atoms with Gasteiger partial charge in [-0.2, -0.15) is 0 Å². The van der Waals surface area contributed by atoms with E-state index in [1.165, 1.54) is 0 Å². The molecule has 0 fully saturated rings. The molecule has 0 aliphatic rings. The molecule has 0 spiro atoms. The molecule has 1 unspecified atom stereocenters. The lowest BCUT2D eigenvalue weighted by Gasteiger charge is -2.13. The zero-order valence-electron chi connectivity index (χ0n) is 12.9. The molecule has 0 aliphatic carbocycles. The first-order valence-electron chi connectivity index (χ1n) is 7.25. The van der Waals surface area contributed by atoms with Crippen LogP contribution in [0.25, 0.3) is 0 Å². The summed E-state index contributed by atoms with van der Waals surface area (Å²) in [5, 5.41) is 2.54. The second-order valence-electron chi connectivity index (χ2n) is 5.01. The largest absolute Gasteiger partial charge is 0.368 e. The molecule has 0 aliphatic heterocycles. The zero-order chi connectivity index (χ0) is 17.4. The highest BCUT2D eigenvalue weighted by Crippen LogP contribution is 2.22. The molecule has 122 valence electrons. The van der Waals surface area contributed by atoms with E-state index in [-0.39, 0.29) is 12.3 Å². The summed E-state index contributed by atoms with van der Waals surface area (Å²) < 4.78 is 0. The van der Waals surface area contributed by atoms with Crippen molar-refractivity contribution in [2.75, 3.05) is 0 Å². The van der Waals surface area contributed by atoms with Gasteiger partial charge in [-0.15, -0.1) is 24.1 Å². The van der Waals surface area contributed by atoms with Crippen molar-refractivity contribution in [1.29, 1.82) is 0 Å². The maximum absolute atomic E-state index is 12.1. The van der Waals surface area contributed by atoms with Crippen molar-refractivity contribution in [2.45, 2.75) is 23.1 Å². The topological polar surface area (TPSA) is 85.1 Å². The van der Waals surface area contributed by atoms with Gasteiger partial charge in [0.1, 0.15) is 6.04 Å². The maximum atomic E-state index is 12.1. The fourth-order valence-corrected chi connectivity index (χ4v) is 2.77. The highest BCUT2D eigenvalue weighted by Gasteiger charge is 2.17. The molecule has 5 nitrogen and oxygen atoms in total. The number of carbonyl (C=O) groups is 2. The molecule has 3 N–H and O–H groups in total. The third kappa shape index (κ3) is 5.14. The Balaban J connectivity index is 1.94. The summed E-state index contributed by atoms with van der Waals surface area (Å²) in [4.78, 5) is 28.5. The van der Waals surface area contributed by atoms with Gasteiger partial charge in [-0.25, -0.2) is 0 Å². The van der Waals surface area contributed by atoms with Gasteiger partial charge in [0.25, 0.3) is 5.91 Å². The van der Waals surface area contributed by atoms with Gasteiger partial charge in [0.05, 0.1) is 0 Å². The van der Waals surface area contributed by atoms with Gasteiger partial charge in [0.15, 0.2) is 0 Å². The molecule has 6 heteroatoms. The lowest BCUT2D eigenvalue weighted by atomic mass is 10.1. The van der Waals surface area contributed by atoms with Crippen LogP contribution in [-0.2, 0) is 10.5 Å². The summed E-state index contributed by atoms with van der Waals surface area (Å²) >= 11 is 1.65. The summed E-state index contributed by atoms with van der Waals surface area (Å²) in [5.74, 6) is 2.10. The number of nitrogens with one attached hydrogen (secondary N) is 1. The maximum Gasteiger partial charge on any atom is 0.251 e. The van der Waals surface area contributed by atoms with Crippen LogP contribution in [0.5, 0.6) is 0 Å². The standard InChI is InChI=1S/C18H17N3O2S/c1-2-4-16(17(19)22)21-18(23)14-6-8-15(9-7-14)24-12-13-5-3-10-20-11-13/h1,3,5-11,16H,4,12H2,(H2,19,22)(H,21,23). The van der Waals surface area contributed by atoms with Crippen LogP contribution in [0.3, 0.4) is 0 Å². The summed E-state index contributed by atoms with van der Waals surface area (Å²) in [6, 6.07) is 10.2. The second-order valence-corrected chi connectivity index (χ2v) is 6.06. The number of amides is 2. The van der Waals surface area contributed by atoms with Crippen LogP contribution in [0.1, 0.15) is 22.3 Å². The number of hydrogen-bond acceptors (Lipinski definition) is 4. The molecule has 1 atom stereocenters. The molecule has 2 aromatic rings. The lowest BCUT2D eigenvalue weighted by Crippen LogP contribution is -2.44. The monoisotopic (exact) mass is 339 g/mol. The third-order valence-corrected chi connectivity index (χ3v) is 4.30. The molecule has 1 heterocycles. The van der Waals surface area contributed by atoms with E-state index in [9.17, 15) is 9.59 Å². The quantitative estimate of drug-likeness (QED) is 0.597. The normalized spacial score (nSPS) is 11.3. The fourth-order valence-electron chi connectivity index (χ4n) is 1.93. The van der Waals surface area contributed by atoms with Gasteiger partial charge < -0.3 is 11.1 Å². The molecule has 2 amide bonds. The predicted octanol–water partition coefficient (Wildman–Crippen LogP) is 1.98. The average Bonchev–Trinajstić information content (AvgIpc) is 2.60. The first-order chi connectivity index (χ1) is 11.6. The van der Waals surface area contributed by atoms with Crippen molar-refractivity contribution >= 4 is 23.6 Å². The van der Waals surface area contributed by atoms with Crippen LogP contribution in [0.15, 0.2) is 53.7 Å². The second kappa shape index (κ2) is 8.75. The molecular weight excluding hydrogens is 322 g/mol.